The lowest BCUT2D eigenvalue weighted by Crippen LogP contribution is -2.00. The van der Waals surface area contributed by atoms with Crippen molar-refractivity contribution in [1.82, 2.24) is 0 Å². The number of hydrogen-bond acceptors (Lipinski definition) is 1. The Bertz CT molecular complexity index is 258. The highest BCUT2D eigenvalue weighted by Crippen LogP contribution is 2.16. The standard InChI is InChI=1S/C13H20O/c1-10(2)6-7-11(3)12(4)8-9-13(5)14/h6-7,12H,1,3,8-9H2,2,4-5H3/b7-6-. The summed E-state index contributed by atoms with van der Waals surface area (Å²) in [7, 11) is 0. The number of carbonyl (C=O) groups excluding carboxylic acids is 1. The van der Waals surface area contributed by atoms with Crippen molar-refractivity contribution in [2.24, 2.45) is 5.92 Å². The fourth-order valence-corrected chi connectivity index (χ4v) is 1.02. The Morgan fingerprint density at radius 3 is 2.29 bits per heavy atom. The van der Waals surface area contributed by atoms with Gasteiger partial charge in [0, 0.05) is 6.42 Å². The van der Waals surface area contributed by atoms with Gasteiger partial charge in [-0.05, 0) is 26.2 Å². The second kappa shape index (κ2) is 6.36. The maximum absolute atomic E-state index is 10.8. The van der Waals surface area contributed by atoms with Crippen molar-refractivity contribution in [3.8, 4) is 0 Å². The van der Waals surface area contributed by atoms with Gasteiger partial charge in [0.25, 0.3) is 0 Å². The van der Waals surface area contributed by atoms with Crippen LogP contribution in [-0.2, 0) is 4.79 Å². The van der Waals surface area contributed by atoms with Gasteiger partial charge in [-0.15, -0.1) is 0 Å². The van der Waals surface area contributed by atoms with Crippen molar-refractivity contribution in [3.05, 3.63) is 36.5 Å². The summed E-state index contributed by atoms with van der Waals surface area (Å²) in [6, 6.07) is 0. The van der Waals surface area contributed by atoms with Gasteiger partial charge in [0.05, 0.1) is 0 Å². The van der Waals surface area contributed by atoms with Crippen LogP contribution in [0.2, 0.25) is 0 Å². The molecule has 0 aromatic rings. The largest absolute Gasteiger partial charge is 0.300 e. The van der Waals surface area contributed by atoms with E-state index in [1.54, 1.807) is 6.92 Å². The molecule has 0 heterocycles. The van der Waals surface area contributed by atoms with Gasteiger partial charge in [-0.3, -0.25) is 0 Å². The molecule has 0 radical (unpaired) electrons. The molecule has 0 aromatic carbocycles. The first-order valence-electron chi connectivity index (χ1n) is 4.95. The van der Waals surface area contributed by atoms with Gasteiger partial charge >= 0.3 is 0 Å². The van der Waals surface area contributed by atoms with Gasteiger partial charge in [0.15, 0.2) is 0 Å². The van der Waals surface area contributed by atoms with Crippen molar-refractivity contribution in [2.75, 3.05) is 0 Å². The average molecular weight is 192 g/mol. The normalized spacial score (nSPS) is 12.8. The highest BCUT2D eigenvalue weighted by Gasteiger charge is 2.05. The predicted octanol–water partition coefficient (Wildman–Crippen LogP) is 3.68. The first-order chi connectivity index (χ1) is 6.43. The fraction of sp³-hybridized carbons (Fsp3) is 0.462. The molecule has 0 amide bonds. The van der Waals surface area contributed by atoms with Crippen molar-refractivity contribution >= 4 is 5.78 Å². The third kappa shape index (κ3) is 6.41. The van der Waals surface area contributed by atoms with E-state index in [1.807, 2.05) is 19.1 Å². The number of carbonyl (C=O) groups is 1. The number of allylic oxidation sites excluding steroid dienone is 4. The molecule has 78 valence electrons. The topological polar surface area (TPSA) is 17.1 Å². The summed E-state index contributed by atoms with van der Waals surface area (Å²) >= 11 is 0. The summed E-state index contributed by atoms with van der Waals surface area (Å²) in [5.41, 5.74) is 2.08. The molecule has 1 unspecified atom stereocenters. The van der Waals surface area contributed by atoms with Gasteiger partial charge in [0.2, 0.25) is 0 Å². The van der Waals surface area contributed by atoms with E-state index in [1.165, 1.54) is 0 Å². The lowest BCUT2D eigenvalue weighted by atomic mass is 9.96. The van der Waals surface area contributed by atoms with Crippen LogP contribution in [0.4, 0.5) is 0 Å². The number of hydrogen-bond donors (Lipinski definition) is 0. The molecule has 0 aliphatic heterocycles. The van der Waals surface area contributed by atoms with Crippen molar-refractivity contribution in [3.63, 3.8) is 0 Å². The van der Waals surface area contributed by atoms with E-state index < -0.39 is 0 Å². The second-order valence-electron chi connectivity index (χ2n) is 3.90. The van der Waals surface area contributed by atoms with Crippen LogP contribution >= 0.6 is 0 Å². The summed E-state index contributed by atoms with van der Waals surface area (Å²) < 4.78 is 0. The van der Waals surface area contributed by atoms with Crippen LogP contribution in [0.3, 0.4) is 0 Å². The molecule has 0 rings (SSSR count). The van der Waals surface area contributed by atoms with E-state index in [0.29, 0.717) is 12.3 Å². The Labute approximate surface area is 87.2 Å². The molecule has 0 aliphatic rings. The molecule has 0 spiro atoms. The molecular weight excluding hydrogens is 172 g/mol. The van der Waals surface area contributed by atoms with E-state index in [9.17, 15) is 4.79 Å². The lowest BCUT2D eigenvalue weighted by molar-refractivity contribution is -0.117. The summed E-state index contributed by atoms with van der Waals surface area (Å²) in [5.74, 6) is 0.614. The smallest absolute Gasteiger partial charge is 0.129 e. The zero-order chi connectivity index (χ0) is 11.1. The number of ketones is 1. The first kappa shape index (κ1) is 12.9. The van der Waals surface area contributed by atoms with E-state index in [2.05, 4.69) is 20.1 Å². The highest BCUT2D eigenvalue weighted by molar-refractivity contribution is 5.75. The molecule has 0 N–H and O–H groups in total. The van der Waals surface area contributed by atoms with Gasteiger partial charge < -0.3 is 4.79 Å². The van der Waals surface area contributed by atoms with E-state index in [-0.39, 0.29) is 5.78 Å². The van der Waals surface area contributed by atoms with Crippen molar-refractivity contribution in [2.45, 2.75) is 33.6 Å². The second-order valence-corrected chi connectivity index (χ2v) is 3.90. The monoisotopic (exact) mass is 192 g/mol. The van der Waals surface area contributed by atoms with Gasteiger partial charge in [0.1, 0.15) is 5.78 Å². The van der Waals surface area contributed by atoms with E-state index >= 15 is 0 Å². The Hall–Kier alpha value is -1.11. The minimum absolute atomic E-state index is 0.244. The summed E-state index contributed by atoms with van der Waals surface area (Å²) in [6.45, 7) is 13.4. The minimum Gasteiger partial charge on any atom is -0.300 e. The summed E-state index contributed by atoms with van der Waals surface area (Å²) in [6.07, 6.45) is 5.45. The third-order valence-corrected chi connectivity index (χ3v) is 2.14. The predicted molar refractivity (Wildman–Crippen MR) is 62.2 cm³/mol. The molecule has 1 heteroatoms. The van der Waals surface area contributed by atoms with Crippen molar-refractivity contribution in [1.29, 1.82) is 0 Å². The van der Waals surface area contributed by atoms with Gasteiger partial charge in [-0.25, -0.2) is 0 Å². The summed E-state index contributed by atoms with van der Waals surface area (Å²) in [5, 5.41) is 0. The summed E-state index contributed by atoms with van der Waals surface area (Å²) in [4.78, 5) is 10.8. The Morgan fingerprint density at radius 2 is 1.86 bits per heavy atom. The van der Waals surface area contributed by atoms with E-state index in [0.717, 1.165) is 17.6 Å². The van der Waals surface area contributed by atoms with Gasteiger partial charge in [-0.2, -0.15) is 0 Å². The average Bonchev–Trinajstić information content (AvgIpc) is 2.09. The third-order valence-electron chi connectivity index (χ3n) is 2.14. The Balaban J connectivity index is 3.99. The molecule has 1 atom stereocenters. The molecular formula is C13H20O. The number of rotatable bonds is 6. The molecule has 0 bridgehead atoms. The molecule has 0 saturated heterocycles. The molecule has 1 nitrogen and oxygen atoms in total. The lowest BCUT2D eigenvalue weighted by Gasteiger charge is -2.09. The maximum atomic E-state index is 10.8. The van der Waals surface area contributed by atoms with Gasteiger partial charge in [-0.1, -0.05) is 43.4 Å². The molecule has 0 saturated carbocycles. The number of Topliss-reactive ketones (excluding diaryl/α,β-unsaturated/α-hetero) is 1. The van der Waals surface area contributed by atoms with E-state index in [4.69, 9.17) is 0 Å². The Morgan fingerprint density at radius 1 is 1.29 bits per heavy atom. The van der Waals surface area contributed by atoms with Crippen molar-refractivity contribution < 1.29 is 4.79 Å². The quantitative estimate of drug-likeness (QED) is 0.587. The van der Waals surface area contributed by atoms with Crippen LogP contribution in [0.25, 0.3) is 0 Å². The molecule has 0 aromatic heterocycles. The van der Waals surface area contributed by atoms with Crippen LogP contribution in [0.15, 0.2) is 36.5 Å². The highest BCUT2D eigenvalue weighted by atomic mass is 16.1. The maximum Gasteiger partial charge on any atom is 0.129 e. The van der Waals surface area contributed by atoms with Crippen LogP contribution in [0, 0.1) is 5.92 Å². The fourth-order valence-electron chi connectivity index (χ4n) is 1.02. The van der Waals surface area contributed by atoms with Crippen LogP contribution < -0.4 is 0 Å². The molecule has 0 aliphatic carbocycles. The molecule has 14 heavy (non-hydrogen) atoms. The zero-order valence-electron chi connectivity index (χ0n) is 9.47. The van der Waals surface area contributed by atoms with Crippen LogP contribution in [-0.4, -0.2) is 5.78 Å². The van der Waals surface area contributed by atoms with Crippen LogP contribution in [0.5, 0.6) is 0 Å². The van der Waals surface area contributed by atoms with Crippen LogP contribution in [0.1, 0.15) is 33.6 Å². The SMILES string of the molecule is C=C(C)/C=C\C(=C)C(C)CCC(C)=O. The zero-order valence-corrected chi connectivity index (χ0v) is 9.47. The molecule has 0 fully saturated rings. The Kier molecular flexibility index (Phi) is 5.86. The first-order valence-corrected chi connectivity index (χ1v) is 4.95. The minimum atomic E-state index is 0.244.